The summed E-state index contributed by atoms with van der Waals surface area (Å²) in [7, 11) is 0. The third kappa shape index (κ3) is 2.18. The van der Waals surface area contributed by atoms with Crippen molar-refractivity contribution < 1.29 is 9.59 Å². The van der Waals surface area contributed by atoms with Crippen molar-refractivity contribution in [2.75, 3.05) is 6.54 Å². The number of carbonyl (C=O) groups excluding carboxylic acids is 2. The molecule has 0 saturated carbocycles. The molecule has 1 heterocycles. The lowest BCUT2D eigenvalue weighted by Gasteiger charge is -2.33. The molecule has 1 rings (SSSR count). The Kier molecular flexibility index (Phi) is 2.87. The average Bonchev–Trinajstić information content (AvgIpc) is 2.08. The minimum Gasteiger partial charge on any atom is -0.368 e. The van der Waals surface area contributed by atoms with E-state index in [1.54, 1.807) is 6.92 Å². The maximum atomic E-state index is 11.3. The Morgan fingerprint density at radius 1 is 1.69 bits per heavy atom. The number of carbonyl (C=O) groups is 2. The molecule has 0 aromatic carbocycles. The van der Waals surface area contributed by atoms with Crippen molar-refractivity contribution in [1.29, 1.82) is 0 Å². The van der Waals surface area contributed by atoms with Crippen molar-refractivity contribution in [2.24, 2.45) is 11.5 Å². The van der Waals surface area contributed by atoms with Crippen molar-refractivity contribution in [2.45, 2.75) is 31.8 Å². The smallest absolute Gasteiger partial charge is 0.239 e. The number of nitrogens with zero attached hydrogens (tertiary/aromatic N) is 1. The molecule has 0 aliphatic carbocycles. The van der Waals surface area contributed by atoms with Gasteiger partial charge in [-0.2, -0.15) is 0 Å². The van der Waals surface area contributed by atoms with Gasteiger partial charge in [-0.25, -0.2) is 0 Å². The first kappa shape index (κ1) is 9.98. The summed E-state index contributed by atoms with van der Waals surface area (Å²) in [6.07, 6.45) is 1.11. The van der Waals surface area contributed by atoms with Crippen LogP contribution in [0.5, 0.6) is 0 Å². The Morgan fingerprint density at radius 2 is 2.31 bits per heavy atom. The minimum absolute atomic E-state index is 0.0282. The number of primary amides is 1. The topological polar surface area (TPSA) is 89.4 Å². The quantitative estimate of drug-likeness (QED) is 0.567. The highest BCUT2D eigenvalue weighted by Crippen LogP contribution is 2.12. The van der Waals surface area contributed by atoms with E-state index in [2.05, 4.69) is 0 Å². The molecule has 5 heteroatoms. The molecular formula is C8H15N3O2. The molecular weight excluding hydrogens is 170 g/mol. The molecule has 1 fully saturated rings. The van der Waals surface area contributed by atoms with E-state index in [9.17, 15) is 9.59 Å². The van der Waals surface area contributed by atoms with Gasteiger partial charge in [0.25, 0.3) is 0 Å². The molecule has 1 aliphatic rings. The number of hydrogen-bond donors (Lipinski definition) is 2. The van der Waals surface area contributed by atoms with Gasteiger partial charge in [0.2, 0.25) is 11.8 Å². The normalized spacial score (nSPS) is 25.8. The molecule has 0 radical (unpaired) electrons. The minimum atomic E-state index is -0.543. The SMILES string of the molecule is C[C@@H](C(N)=O)N1C[C@H](N)CCC1=O. The van der Waals surface area contributed by atoms with Crippen LogP contribution < -0.4 is 11.5 Å². The average molecular weight is 185 g/mol. The van der Waals surface area contributed by atoms with Gasteiger partial charge in [0.05, 0.1) is 0 Å². The number of rotatable bonds is 2. The van der Waals surface area contributed by atoms with Crippen LogP contribution >= 0.6 is 0 Å². The molecule has 13 heavy (non-hydrogen) atoms. The van der Waals surface area contributed by atoms with Gasteiger partial charge in [-0.3, -0.25) is 9.59 Å². The summed E-state index contributed by atoms with van der Waals surface area (Å²) >= 11 is 0. The number of piperidine rings is 1. The second-order valence-electron chi connectivity index (χ2n) is 3.42. The molecule has 1 saturated heterocycles. The molecule has 0 spiro atoms. The zero-order valence-corrected chi connectivity index (χ0v) is 7.69. The van der Waals surface area contributed by atoms with Gasteiger partial charge in [-0.05, 0) is 13.3 Å². The zero-order chi connectivity index (χ0) is 10.0. The predicted octanol–water partition coefficient (Wildman–Crippen LogP) is -1.19. The molecule has 0 aromatic rings. The lowest BCUT2D eigenvalue weighted by Crippen LogP contribution is -2.53. The molecule has 1 aliphatic heterocycles. The monoisotopic (exact) mass is 185 g/mol. The Labute approximate surface area is 77.1 Å². The summed E-state index contributed by atoms with van der Waals surface area (Å²) in [5.74, 6) is -0.518. The summed E-state index contributed by atoms with van der Waals surface area (Å²) in [6, 6.07) is -0.571. The van der Waals surface area contributed by atoms with E-state index in [4.69, 9.17) is 11.5 Å². The van der Waals surface area contributed by atoms with Crippen LogP contribution in [0.2, 0.25) is 0 Å². The van der Waals surface area contributed by atoms with E-state index in [0.717, 1.165) is 0 Å². The zero-order valence-electron chi connectivity index (χ0n) is 7.69. The van der Waals surface area contributed by atoms with E-state index in [-0.39, 0.29) is 11.9 Å². The maximum Gasteiger partial charge on any atom is 0.239 e. The summed E-state index contributed by atoms with van der Waals surface area (Å²) < 4.78 is 0. The van der Waals surface area contributed by atoms with Crippen LogP contribution in [0.3, 0.4) is 0 Å². The van der Waals surface area contributed by atoms with E-state index in [1.807, 2.05) is 0 Å². The van der Waals surface area contributed by atoms with Gasteiger partial charge in [0.15, 0.2) is 0 Å². The first-order chi connectivity index (χ1) is 6.02. The Morgan fingerprint density at radius 3 is 2.85 bits per heavy atom. The Bertz CT molecular complexity index is 229. The van der Waals surface area contributed by atoms with Crippen LogP contribution in [-0.4, -0.2) is 35.3 Å². The lowest BCUT2D eigenvalue weighted by atomic mass is 10.0. The standard InChI is InChI=1S/C8H15N3O2/c1-5(8(10)13)11-4-6(9)2-3-7(11)12/h5-6H,2-4,9H2,1H3,(H2,10,13)/t5-,6+/m0/s1. The predicted molar refractivity (Wildman–Crippen MR) is 47.6 cm³/mol. The van der Waals surface area contributed by atoms with Gasteiger partial charge in [-0.15, -0.1) is 0 Å². The highest BCUT2D eigenvalue weighted by atomic mass is 16.2. The van der Waals surface area contributed by atoms with Crippen LogP contribution in [0.1, 0.15) is 19.8 Å². The molecule has 0 unspecified atom stereocenters. The van der Waals surface area contributed by atoms with Crippen LogP contribution in [0, 0.1) is 0 Å². The second-order valence-corrected chi connectivity index (χ2v) is 3.42. The molecule has 5 nitrogen and oxygen atoms in total. The first-order valence-electron chi connectivity index (χ1n) is 4.36. The van der Waals surface area contributed by atoms with Gasteiger partial charge in [0, 0.05) is 19.0 Å². The van der Waals surface area contributed by atoms with Crippen molar-refractivity contribution in [3.8, 4) is 0 Å². The van der Waals surface area contributed by atoms with Crippen molar-refractivity contribution in [1.82, 2.24) is 4.90 Å². The van der Waals surface area contributed by atoms with Gasteiger partial charge >= 0.3 is 0 Å². The summed E-state index contributed by atoms with van der Waals surface area (Å²) in [4.78, 5) is 23.6. The molecule has 2 amide bonds. The third-order valence-corrected chi connectivity index (χ3v) is 2.36. The maximum absolute atomic E-state index is 11.3. The fraction of sp³-hybridized carbons (Fsp3) is 0.750. The summed E-state index contributed by atoms with van der Waals surface area (Å²) in [5.41, 5.74) is 10.8. The molecule has 2 atom stereocenters. The van der Waals surface area contributed by atoms with Crippen molar-refractivity contribution in [3.05, 3.63) is 0 Å². The number of hydrogen-bond acceptors (Lipinski definition) is 3. The van der Waals surface area contributed by atoms with Gasteiger partial charge in [-0.1, -0.05) is 0 Å². The highest BCUT2D eigenvalue weighted by molar-refractivity contribution is 5.86. The van der Waals surface area contributed by atoms with Crippen molar-refractivity contribution in [3.63, 3.8) is 0 Å². The fourth-order valence-corrected chi connectivity index (χ4v) is 1.43. The van der Waals surface area contributed by atoms with Crippen LogP contribution in [-0.2, 0) is 9.59 Å². The second kappa shape index (κ2) is 3.74. The summed E-state index contributed by atoms with van der Waals surface area (Å²) in [6.45, 7) is 2.06. The van der Waals surface area contributed by atoms with Crippen LogP contribution in [0.25, 0.3) is 0 Å². The van der Waals surface area contributed by atoms with Crippen LogP contribution in [0.15, 0.2) is 0 Å². The summed E-state index contributed by atoms with van der Waals surface area (Å²) in [5, 5.41) is 0. The lowest BCUT2D eigenvalue weighted by molar-refractivity contribution is -0.141. The van der Waals surface area contributed by atoms with Crippen molar-refractivity contribution >= 4 is 11.8 Å². The first-order valence-corrected chi connectivity index (χ1v) is 4.36. The number of likely N-dealkylation sites (tertiary alicyclic amines) is 1. The largest absolute Gasteiger partial charge is 0.368 e. The third-order valence-electron chi connectivity index (χ3n) is 2.36. The molecule has 0 bridgehead atoms. The van der Waals surface area contributed by atoms with E-state index >= 15 is 0 Å². The van der Waals surface area contributed by atoms with E-state index in [1.165, 1.54) is 4.90 Å². The molecule has 0 aromatic heterocycles. The Balaban J connectivity index is 2.65. The van der Waals surface area contributed by atoms with Gasteiger partial charge in [0.1, 0.15) is 6.04 Å². The number of nitrogens with two attached hydrogens (primary N) is 2. The van der Waals surface area contributed by atoms with Crippen LogP contribution in [0.4, 0.5) is 0 Å². The number of amides is 2. The van der Waals surface area contributed by atoms with E-state index in [0.29, 0.717) is 19.4 Å². The fourth-order valence-electron chi connectivity index (χ4n) is 1.43. The van der Waals surface area contributed by atoms with Gasteiger partial charge < -0.3 is 16.4 Å². The highest BCUT2D eigenvalue weighted by Gasteiger charge is 2.29. The van der Waals surface area contributed by atoms with E-state index < -0.39 is 11.9 Å². The molecule has 74 valence electrons. The Hall–Kier alpha value is -1.10. The molecule has 4 N–H and O–H groups in total.